The molecule has 22 aromatic carbocycles. The number of hydrogen-bond donors (Lipinski definition) is 4. The average Bonchev–Trinajstić information content (AvgIpc) is 0.742. The molecule has 0 heterocycles. The molecule has 0 bridgehead atoms. The van der Waals surface area contributed by atoms with Crippen LogP contribution >= 0.6 is 54.5 Å². The monoisotopic (exact) mass is 1740 g/mol. The lowest BCUT2D eigenvalue weighted by molar-refractivity contribution is 0.425. The molecule has 0 aliphatic carbocycles. The molecule has 0 atom stereocenters. The summed E-state index contributed by atoms with van der Waals surface area (Å²) in [4.78, 5) is 0. The summed E-state index contributed by atoms with van der Waals surface area (Å²) in [5, 5.41) is 67.2. The molecule has 4 nitrogen and oxygen atoms in total. The van der Waals surface area contributed by atoms with E-state index in [1.807, 2.05) is 97.1 Å². The molecule has 0 spiro atoms. The lowest BCUT2D eigenvalue weighted by Crippen LogP contribution is -2.31. The molecule has 0 aliphatic heterocycles. The summed E-state index contributed by atoms with van der Waals surface area (Å²) in [6.45, 7) is 0. The second kappa shape index (κ2) is 33.8. The highest BCUT2D eigenvalue weighted by atomic mass is 127. The van der Waals surface area contributed by atoms with Crippen molar-refractivity contribution in [1.29, 1.82) is 0 Å². The predicted octanol–water partition coefficient (Wildman–Crippen LogP) is 28.1. The van der Waals surface area contributed by atoms with Gasteiger partial charge in [0.2, 0.25) is 0 Å². The molecular formula is C108H73B2Br2IO4. The van der Waals surface area contributed by atoms with Crippen molar-refractivity contribution in [3.8, 4) is 55.6 Å². The maximum absolute atomic E-state index is 10.1. The van der Waals surface area contributed by atoms with Gasteiger partial charge in [0, 0.05) is 12.5 Å². The lowest BCUT2D eigenvalue weighted by Gasteiger charge is -2.18. The van der Waals surface area contributed by atoms with E-state index in [0.29, 0.717) is 10.9 Å². The van der Waals surface area contributed by atoms with Crippen molar-refractivity contribution in [2.24, 2.45) is 0 Å². The quantitative estimate of drug-likeness (QED) is 0.0555. The Bertz CT molecular complexity index is 7420. The van der Waals surface area contributed by atoms with Gasteiger partial charge in [0.25, 0.3) is 0 Å². The molecule has 9 heteroatoms. The topological polar surface area (TPSA) is 80.9 Å². The number of halogens is 3. The van der Waals surface area contributed by atoms with Crippen LogP contribution in [0.15, 0.2) is 428 Å². The largest absolute Gasteiger partial charge is 0.489 e. The van der Waals surface area contributed by atoms with Crippen molar-refractivity contribution in [1.82, 2.24) is 0 Å². The standard InChI is InChI=1S/C44H28.C24H17BO2.C20H13Br.C14H11BO2.C6H4BrI/c1-2-12-32-26-36(25-20-29(32)10-1)44-40-18-7-5-16-38(40)43(39-17-6-8-19-41(39)44)35-14-9-13-33(27-35)34-24-23-31-22-21-30-11-3-4-15-37(30)42(31)28-34;26-25(27)24-21-11-5-3-9-19(21)23(20-10-4-6-12-22(20)24)18-14-13-16-7-1-2-8-17(16)15-18;21-18-6-3-5-16(12-18)17-11-10-15-9-8-14-4-1-2-7-19(14)20(15)13-17;16-15(17)12-8-7-11-6-5-10-3-1-2-4-13(10)14(11)9-12;7-5-2-1-3-6(8)4-5/h1-28H;1-15,26-27H;1-13H;1-9,16-17H;1-4H. The van der Waals surface area contributed by atoms with Gasteiger partial charge in [-0.15, -0.1) is 0 Å². The van der Waals surface area contributed by atoms with E-state index >= 15 is 0 Å². The lowest BCUT2D eigenvalue weighted by atomic mass is 9.72. The van der Waals surface area contributed by atoms with Crippen LogP contribution in [-0.2, 0) is 0 Å². The van der Waals surface area contributed by atoms with Gasteiger partial charge >= 0.3 is 14.2 Å². The molecule has 22 rings (SSSR count). The van der Waals surface area contributed by atoms with Crippen LogP contribution in [0.2, 0.25) is 0 Å². The minimum Gasteiger partial charge on any atom is -0.423 e. The molecule has 0 radical (unpaired) electrons. The van der Waals surface area contributed by atoms with Crippen LogP contribution in [0.25, 0.3) is 185 Å². The Hall–Kier alpha value is -12.4. The molecule has 22 aromatic rings. The zero-order valence-electron chi connectivity index (χ0n) is 63.4. The highest BCUT2D eigenvalue weighted by Gasteiger charge is 2.23. The van der Waals surface area contributed by atoms with E-state index in [-0.39, 0.29) is 0 Å². The van der Waals surface area contributed by atoms with Crippen molar-refractivity contribution in [2.75, 3.05) is 0 Å². The SMILES string of the molecule is Brc1cccc(-c2ccc3ccc4ccccc4c3c2)c1.Brc1cccc(I)c1.OB(O)c1c2ccccc2c(-c2ccc3ccccc3c2)c2ccccc12.OB(O)c1ccc2ccc3ccccc3c2c1.c1cc(-c2ccc3ccc4ccccc4c3c2)cc(-c2c3ccccc3c(-c3ccc4ccccc4c3)c3ccccc23)c1. The van der Waals surface area contributed by atoms with Gasteiger partial charge in [0.15, 0.2) is 0 Å². The van der Waals surface area contributed by atoms with E-state index in [4.69, 9.17) is 0 Å². The molecule has 0 saturated heterocycles. The van der Waals surface area contributed by atoms with E-state index in [1.165, 1.54) is 134 Å². The predicted molar refractivity (Wildman–Crippen MR) is 517 cm³/mol. The number of benzene rings is 22. The first kappa shape index (κ1) is 75.9. The highest BCUT2D eigenvalue weighted by molar-refractivity contribution is 14.1. The third-order valence-electron chi connectivity index (χ3n) is 22.2. The minimum atomic E-state index is -1.52. The summed E-state index contributed by atoms with van der Waals surface area (Å²) < 4.78 is 3.51. The first-order valence-electron chi connectivity index (χ1n) is 39.0. The third-order valence-corrected chi connectivity index (χ3v) is 23.9. The van der Waals surface area contributed by atoms with Gasteiger partial charge in [0.05, 0.1) is 0 Å². The van der Waals surface area contributed by atoms with Gasteiger partial charge in [-0.1, -0.05) is 390 Å². The number of rotatable bonds is 7. The van der Waals surface area contributed by atoms with E-state index in [0.717, 1.165) is 63.2 Å². The molecule has 4 N–H and O–H groups in total. The smallest absolute Gasteiger partial charge is 0.423 e. The Morgan fingerprint density at radius 3 is 0.838 bits per heavy atom. The first-order valence-corrected chi connectivity index (χ1v) is 41.7. The fourth-order valence-electron chi connectivity index (χ4n) is 16.7. The van der Waals surface area contributed by atoms with E-state index in [1.54, 1.807) is 6.07 Å². The Morgan fingerprint density at radius 1 is 0.179 bits per heavy atom. The van der Waals surface area contributed by atoms with Gasteiger partial charge in [-0.3, -0.25) is 0 Å². The summed E-state index contributed by atoms with van der Waals surface area (Å²) in [6, 6.07) is 147. The van der Waals surface area contributed by atoms with Gasteiger partial charge < -0.3 is 20.1 Å². The van der Waals surface area contributed by atoms with Crippen molar-refractivity contribution >= 4 is 209 Å². The summed E-state index contributed by atoms with van der Waals surface area (Å²) in [5.74, 6) is 0. The molecule has 0 amide bonds. The van der Waals surface area contributed by atoms with Crippen molar-refractivity contribution < 1.29 is 20.1 Å². The van der Waals surface area contributed by atoms with Crippen molar-refractivity contribution in [3.63, 3.8) is 0 Å². The minimum absolute atomic E-state index is 0.522. The molecular weight excluding hydrogens is 1670 g/mol. The Labute approximate surface area is 709 Å². The second-order valence-corrected chi connectivity index (χ2v) is 32.4. The second-order valence-electron chi connectivity index (χ2n) is 29.3. The van der Waals surface area contributed by atoms with Crippen LogP contribution < -0.4 is 10.9 Å². The summed E-state index contributed by atoms with van der Waals surface area (Å²) in [7, 11) is -2.94. The molecule has 0 aliphatic rings. The maximum atomic E-state index is 10.1. The van der Waals surface area contributed by atoms with Crippen LogP contribution in [0.4, 0.5) is 0 Å². The molecule has 556 valence electrons. The maximum Gasteiger partial charge on any atom is 0.489 e. The molecule has 117 heavy (non-hydrogen) atoms. The molecule has 0 fully saturated rings. The van der Waals surface area contributed by atoms with E-state index in [2.05, 4.69) is 370 Å². The summed E-state index contributed by atoms with van der Waals surface area (Å²) >= 11 is 9.18. The Balaban J connectivity index is 0.000000111. The molecule has 0 aromatic heterocycles. The third kappa shape index (κ3) is 15.8. The zero-order chi connectivity index (χ0) is 79.5. The number of fused-ring (bicyclic) bond motifs is 15. The van der Waals surface area contributed by atoms with Gasteiger partial charge in [-0.2, -0.15) is 0 Å². The van der Waals surface area contributed by atoms with Gasteiger partial charge in [-0.05, 0) is 279 Å². The van der Waals surface area contributed by atoms with Crippen LogP contribution in [0, 0.1) is 3.57 Å². The molecule has 0 unspecified atom stereocenters. The van der Waals surface area contributed by atoms with Crippen LogP contribution in [0.3, 0.4) is 0 Å². The first-order chi connectivity index (χ1) is 57.4. The normalized spacial score (nSPS) is 11.2. The summed E-state index contributed by atoms with van der Waals surface area (Å²) in [6.07, 6.45) is 0. The van der Waals surface area contributed by atoms with Gasteiger partial charge in [-0.25, -0.2) is 0 Å². The zero-order valence-corrected chi connectivity index (χ0v) is 68.7. The van der Waals surface area contributed by atoms with Crippen LogP contribution in [0.1, 0.15) is 0 Å². The number of hydrogen-bond acceptors (Lipinski definition) is 4. The van der Waals surface area contributed by atoms with Gasteiger partial charge in [0.1, 0.15) is 0 Å². The fraction of sp³-hybridized carbons (Fsp3) is 0. The average molecular weight is 1740 g/mol. The van der Waals surface area contributed by atoms with Crippen LogP contribution in [0.5, 0.6) is 0 Å². The summed E-state index contributed by atoms with van der Waals surface area (Å²) in [5.41, 5.74) is 13.3. The van der Waals surface area contributed by atoms with E-state index < -0.39 is 14.2 Å². The van der Waals surface area contributed by atoms with E-state index in [9.17, 15) is 20.1 Å². The molecule has 0 saturated carbocycles. The Morgan fingerprint density at radius 2 is 0.453 bits per heavy atom. The Kier molecular flexibility index (Phi) is 22.0. The fourth-order valence-corrected chi connectivity index (χ4v) is 18.5. The van der Waals surface area contributed by atoms with Crippen molar-refractivity contribution in [3.05, 3.63) is 431 Å². The van der Waals surface area contributed by atoms with Crippen molar-refractivity contribution in [2.45, 2.75) is 0 Å². The highest BCUT2D eigenvalue weighted by Crippen LogP contribution is 2.46. The van der Waals surface area contributed by atoms with Crippen LogP contribution in [-0.4, -0.2) is 34.3 Å².